The highest BCUT2D eigenvalue weighted by molar-refractivity contribution is 5.89. The number of hydrogen-bond donors (Lipinski definition) is 3. The van der Waals surface area contributed by atoms with Crippen LogP contribution in [0.25, 0.3) is 11.2 Å². The molecule has 206 valence electrons. The number of aliphatic hydroxyl groups excluding tert-OH is 1. The lowest BCUT2D eigenvalue weighted by Gasteiger charge is -2.36. The number of nitrogens with zero attached hydrogens (tertiary/aromatic N) is 7. The number of amides is 2. The standard InChI is InChI=1S/C24H20F3N9O4/c1-34-11-12(24(25,26)27)7-15(21(34)38)31-22-33-20-19(35(22)2)14(9-28)16(10-30-20)40-13-3-5-29-17(8-13)32-23(39)36-6-4-18(36)37/h3,5,7-8,10-11,18,37H,4,6H2,1-2H3,(H,29,32,39)(H,30,31,33). The lowest BCUT2D eigenvalue weighted by atomic mass is 10.2. The molecule has 5 rings (SSSR count). The van der Waals surface area contributed by atoms with Gasteiger partial charge >= 0.3 is 12.2 Å². The normalized spacial score (nSPS) is 14.9. The van der Waals surface area contributed by atoms with Gasteiger partial charge in [-0.05, 0) is 12.1 Å². The Hall–Kier alpha value is -5.17. The van der Waals surface area contributed by atoms with E-state index in [1.165, 1.54) is 48.1 Å². The molecule has 5 heterocycles. The number of fused-ring (bicyclic) bond motifs is 1. The van der Waals surface area contributed by atoms with Crippen molar-refractivity contribution in [2.75, 3.05) is 17.2 Å². The first kappa shape index (κ1) is 26.4. The van der Waals surface area contributed by atoms with E-state index in [0.717, 1.165) is 4.57 Å². The fourth-order valence-electron chi connectivity index (χ4n) is 3.99. The first-order valence-corrected chi connectivity index (χ1v) is 11.7. The van der Waals surface area contributed by atoms with Crippen molar-refractivity contribution in [3.63, 3.8) is 0 Å². The van der Waals surface area contributed by atoms with Crippen LogP contribution in [-0.2, 0) is 20.3 Å². The van der Waals surface area contributed by atoms with Crippen LogP contribution in [-0.4, -0.2) is 52.9 Å². The molecule has 0 spiro atoms. The highest BCUT2D eigenvalue weighted by Crippen LogP contribution is 2.33. The molecule has 2 amide bonds. The maximum absolute atomic E-state index is 13.3. The molecule has 0 aromatic carbocycles. The first-order valence-electron chi connectivity index (χ1n) is 11.7. The lowest BCUT2D eigenvalue weighted by Crippen LogP contribution is -2.52. The number of imidazole rings is 1. The summed E-state index contributed by atoms with van der Waals surface area (Å²) in [5.41, 5.74) is -1.84. The predicted molar refractivity (Wildman–Crippen MR) is 134 cm³/mol. The van der Waals surface area contributed by atoms with Gasteiger partial charge in [0.05, 0.1) is 11.8 Å². The van der Waals surface area contributed by atoms with E-state index < -0.39 is 29.6 Å². The van der Waals surface area contributed by atoms with Gasteiger partial charge in [0, 0.05) is 45.5 Å². The molecule has 0 saturated carbocycles. The summed E-state index contributed by atoms with van der Waals surface area (Å²) in [7, 11) is 2.69. The molecule has 1 fully saturated rings. The second-order valence-electron chi connectivity index (χ2n) is 8.83. The quantitative estimate of drug-likeness (QED) is 0.336. The summed E-state index contributed by atoms with van der Waals surface area (Å²) in [4.78, 5) is 38.4. The van der Waals surface area contributed by atoms with E-state index in [9.17, 15) is 33.1 Å². The summed E-state index contributed by atoms with van der Waals surface area (Å²) in [5, 5.41) is 24.7. The third-order valence-electron chi connectivity index (χ3n) is 6.18. The van der Waals surface area contributed by atoms with E-state index in [0.29, 0.717) is 25.2 Å². The molecule has 40 heavy (non-hydrogen) atoms. The van der Waals surface area contributed by atoms with Crippen LogP contribution in [0.3, 0.4) is 0 Å². The smallest absolute Gasteiger partial charge is 0.417 e. The number of nitriles is 1. The van der Waals surface area contributed by atoms with Crippen LogP contribution in [0.4, 0.5) is 35.4 Å². The largest absolute Gasteiger partial charge is 0.454 e. The third-order valence-corrected chi connectivity index (χ3v) is 6.18. The zero-order chi connectivity index (χ0) is 28.8. The van der Waals surface area contributed by atoms with Crippen LogP contribution in [0.15, 0.2) is 41.6 Å². The van der Waals surface area contributed by atoms with E-state index in [-0.39, 0.29) is 45.7 Å². The summed E-state index contributed by atoms with van der Waals surface area (Å²) in [6, 6.07) is 5.06. The molecule has 13 nitrogen and oxygen atoms in total. The lowest BCUT2D eigenvalue weighted by molar-refractivity contribution is -0.138. The van der Waals surface area contributed by atoms with Crippen molar-refractivity contribution in [1.29, 1.82) is 5.26 Å². The molecule has 3 N–H and O–H groups in total. The number of pyridine rings is 3. The average molecular weight is 555 g/mol. The topological polar surface area (TPSA) is 163 Å². The van der Waals surface area contributed by atoms with Crippen LogP contribution in [0.5, 0.6) is 11.5 Å². The maximum atomic E-state index is 13.3. The Bertz CT molecular complexity index is 1740. The van der Waals surface area contributed by atoms with Gasteiger partial charge in [0.15, 0.2) is 11.4 Å². The van der Waals surface area contributed by atoms with Gasteiger partial charge in [0.2, 0.25) is 5.95 Å². The Kier molecular flexibility index (Phi) is 6.51. The van der Waals surface area contributed by atoms with E-state index >= 15 is 0 Å². The minimum atomic E-state index is -4.68. The fraction of sp³-hybridized carbons (Fsp3) is 0.250. The summed E-state index contributed by atoms with van der Waals surface area (Å²) in [6.45, 7) is 0.407. The molecule has 1 aliphatic heterocycles. The predicted octanol–water partition coefficient (Wildman–Crippen LogP) is 3.04. The Morgan fingerprint density at radius 2 is 2.05 bits per heavy atom. The Morgan fingerprint density at radius 1 is 1.27 bits per heavy atom. The number of hydrogen-bond acceptors (Lipinski definition) is 9. The highest BCUT2D eigenvalue weighted by atomic mass is 19.4. The number of ether oxygens (including phenoxy) is 1. The van der Waals surface area contributed by atoms with E-state index in [1.54, 1.807) is 0 Å². The van der Waals surface area contributed by atoms with Crippen LogP contribution in [0, 0.1) is 11.3 Å². The number of nitrogens with one attached hydrogen (secondary N) is 2. The third kappa shape index (κ3) is 4.85. The van der Waals surface area contributed by atoms with E-state index in [4.69, 9.17) is 4.74 Å². The van der Waals surface area contributed by atoms with Gasteiger partial charge < -0.3 is 24.3 Å². The van der Waals surface area contributed by atoms with E-state index in [2.05, 4.69) is 25.6 Å². The number of rotatable bonds is 5. The van der Waals surface area contributed by atoms with Gasteiger partial charge in [0.1, 0.15) is 40.6 Å². The molecule has 1 saturated heterocycles. The molecule has 1 aliphatic rings. The summed E-state index contributed by atoms with van der Waals surface area (Å²) >= 11 is 0. The van der Waals surface area contributed by atoms with Gasteiger partial charge in [-0.25, -0.2) is 14.8 Å². The van der Waals surface area contributed by atoms with Crippen LogP contribution in [0.1, 0.15) is 17.5 Å². The number of alkyl halides is 3. The minimum absolute atomic E-state index is 0.0103. The number of halogens is 3. The van der Waals surface area contributed by atoms with Crippen molar-refractivity contribution in [2.24, 2.45) is 14.1 Å². The molecule has 0 radical (unpaired) electrons. The molecule has 0 bridgehead atoms. The monoisotopic (exact) mass is 555 g/mol. The van der Waals surface area contributed by atoms with Gasteiger partial charge in [-0.15, -0.1) is 0 Å². The number of carbonyl (C=O) groups excluding carboxylic acids is 1. The van der Waals surface area contributed by atoms with Crippen molar-refractivity contribution < 1.29 is 27.8 Å². The second kappa shape index (κ2) is 9.85. The van der Waals surface area contributed by atoms with Crippen molar-refractivity contribution in [3.05, 3.63) is 58.3 Å². The Morgan fingerprint density at radius 3 is 2.70 bits per heavy atom. The van der Waals surface area contributed by atoms with Gasteiger partial charge in [-0.1, -0.05) is 0 Å². The molecule has 1 atom stereocenters. The van der Waals surface area contributed by atoms with Crippen LogP contribution >= 0.6 is 0 Å². The van der Waals surface area contributed by atoms with Crippen molar-refractivity contribution in [3.8, 4) is 17.6 Å². The Balaban J connectivity index is 1.45. The van der Waals surface area contributed by atoms with Crippen molar-refractivity contribution >= 4 is 34.6 Å². The van der Waals surface area contributed by atoms with Gasteiger partial charge in [0.25, 0.3) is 5.56 Å². The number of urea groups is 1. The van der Waals surface area contributed by atoms with Crippen molar-refractivity contribution in [2.45, 2.75) is 18.8 Å². The zero-order valence-corrected chi connectivity index (χ0v) is 20.9. The summed E-state index contributed by atoms with van der Waals surface area (Å²) < 4.78 is 47.9. The first-order chi connectivity index (χ1) is 19.0. The number of aliphatic hydroxyl groups is 1. The van der Waals surface area contributed by atoms with E-state index in [1.807, 2.05) is 6.07 Å². The zero-order valence-electron chi connectivity index (χ0n) is 20.9. The van der Waals surface area contributed by atoms with Crippen LogP contribution in [0.2, 0.25) is 0 Å². The highest BCUT2D eigenvalue weighted by Gasteiger charge is 2.32. The molecule has 16 heteroatoms. The number of anilines is 3. The number of aromatic nitrogens is 5. The number of aryl methyl sites for hydroxylation is 2. The SMILES string of the molecule is Cn1cc(C(F)(F)F)cc(Nc2nc3ncc(Oc4ccnc(NC(=O)N5CCC5O)c4)c(C#N)c3n2C)c1=O. The average Bonchev–Trinajstić information content (AvgIpc) is 3.20. The van der Waals surface area contributed by atoms with Gasteiger partial charge in [-0.2, -0.15) is 23.4 Å². The van der Waals surface area contributed by atoms with Crippen LogP contribution < -0.4 is 20.9 Å². The molecule has 1 unspecified atom stereocenters. The van der Waals surface area contributed by atoms with Gasteiger partial charge in [-0.3, -0.25) is 15.0 Å². The molecule has 4 aromatic rings. The number of likely N-dealkylation sites (tertiary alicyclic amines) is 1. The van der Waals surface area contributed by atoms with Crippen molar-refractivity contribution in [1.82, 2.24) is 29.0 Å². The molecule has 4 aromatic heterocycles. The summed E-state index contributed by atoms with van der Waals surface area (Å²) in [6.07, 6.45) is -1.75. The summed E-state index contributed by atoms with van der Waals surface area (Å²) in [5.74, 6) is 0.347. The second-order valence-corrected chi connectivity index (χ2v) is 8.83. The fourth-order valence-corrected chi connectivity index (χ4v) is 3.99. The minimum Gasteiger partial charge on any atom is -0.454 e. The molecule has 0 aliphatic carbocycles. The maximum Gasteiger partial charge on any atom is 0.417 e. The molecular formula is C24H20F3N9O4. The Labute approximate surface area is 223 Å². The molecular weight excluding hydrogens is 535 g/mol. The number of carbonyl (C=O) groups is 1.